The van der Waals surface area contributed by atoms with Gasteiger partial charge in [0.25, 0.3) is 0 Å². The summed E-state index contributed by atoms with van der Waals surface area (Å²) in [5.74, 6) is 2.12. The number of carbonyl (C=O) groups excluding carboxylic acids is 1. The Kier molecular flexibility index (Phi) is 1.11. The number of carbonyl (C=O) groups is 1. The van der Waals surface area contributed by atoms with Gasteiger partial charge in [-0.1, -0.05) is 6.42 Å². The van der Waals surface area contributed by atoms with E-state index in [1.165, 1.54) is 19.3 Å². The van der Waals surface area contributed by atoms with E-state index < -0.39 is 0 Å². The lowest BCUT2D eigenvalue weighted by atomic mass is 10.0. The maximum absolute atomic E-state index is 10.9. The van der Waals surface area contributed by atoms with Crippen LogP contribution >= 0.6 is 0 Å². The summed E-state index contributed by atoms with van der Waals surface area (Å²) >= 11 is 0. The fourth-order valence-corrected chi connectivity index (χ4v) is 2.32. The molecule has 0 aliphatic heterocycles. The first-order valence-electron chi connectivity index (χ1n) is 3.88. The quantitative estimate of drug-likeness (QED) is 0.481. The molecule has 0 amide bonds. The van der Waals surface area contributed by atoms with Crippen LogP contribution in [-0.2, 0) is 4.79 Å². The predicted molar refractivity (Wildman–Crippen MR) is 35.1 cm³/mol. The van der Waals surface area contributed by atoms with Gasteiger partial charge in [-0.3, -0.25) is 4.79 Å². The SMILES string of the molecule is O=C1C[C@H]2CCC[C@@H]2C1. The van der Waals surface area contributed by atoms with Crippen molar-refractivity contribution in [3.63, 3.8) is 0 Å². The number of hydrogen-bond acceptors (Lipinski definition) is 1. The molecule has 0 aromatic rings. The second kappa shape index (κ2) is 1.83. The average molecular weight is 124 g/mol. The van der Waals surface area contributed by atoms with Crippen molar-refractivity contribution in [2.45, 2.75) is 32.1 Å². The molecule has 0 heterocycles. The van der Waals surface area contributed by atoms with E-state index in [1.807, 2.05) is 0 Å². The van der Waals surface area contributed by atoms with E-state index in [4.69, 9.17) is 0 Å². The third kappa shape index (κ3) is 0.790. The highest BCUT2D eigenvalue weighted by molar-refractivity contribution is 5.81. The van der Waals surface area contributed by atoms with Crippen LogP contribution in [0.4, 0.5) is 0 Å². The van der Waals surface area contributed by atoms with Gasteiger partial charge in [0.15, 0.2) is 0 Å². The molecule has 0 saturated heterocycles. The van der Waals surface area contributed by atoms with Crippen LogP contribution in [0.5, 0.6) is 0 Å². The second-order valence-corrected chi connectivity index (χ2v) is 3.40. The Labute approximate surface area is 55.4 Å². The van der Waals surface area contributed by atoms with E-state index in [0.717, 1.165) is 24.7 Å². The molecule has 2 atom stereocenters. The van der Waals surface area contributed by atoms with E-state index in [2.05, 4.69) is 0 Å². The van der Waals surface area contributed by atoms with Crippen LogP contribution in [0.1, 0.15) is 32.1 Å². The Bertz CT molecular complexity index is 126. The summed E-state index contributed by atoms with van der Waals surface area (Å²) in [6.45, 7) is 0. The molecule has 1 heteroatoms. The summed E-state index contributed by atoms with van der Waals surface area (Å²) in [5.41, 5.74) is 0. The fraction of sp³-hybridized carbons (Fsp3) is 0.875. The van der Waals surface area contributed by atoms with Gasteiger partial charge in [-0.05, 0) is 24.7 Å². The zero-order valence-corrected chi connectivity index (χ0v) is 5.60. The van der Waals surface area contributed by atoms with E-state index >= 15 is 0 Å². The standard InChI is InChI=1S/C8H12O/c9-8-4-6-2-1-3-7(6)5-8/h6-7H,1-5H2/t6-,7-/m1/s1. The first-order valence-corrected chi connectivity index (χ1v) is 3.88. The van der Waals surface area contributed by atoms with Crippen molar-refractivity contribution >= 4 is 5.78 Å². The summed E-state index contributed by atoms with van der Waals surface area (Å²) in [7, 11) is 0. The molecule has 0 N–H and O–H groups in total. The molecule has 2 saturated carbocycles. The zero-order valence-electron chi connectivity index (χ0n) is 5.60. The van der Waals surface area contributed by atoms with E-state index in [0.29, 0.717) is 5.78 Å². The van der Waals surface area contributed by atoms with Crippen molar-refractivity contribution in [1.82, 2.24) is 0 Å². The molecule has 1 nitrogen and oxygen atoms in total. The van der Waals surface area contributed by atoms with Crippen molar-refractivity contribution in [2.75, 3.05) is 0 Å². The molecule has 2 aliphatic carbocycles. The average Bonchev–Trinajstić information content (AvgIpc) is 2.22. The lowest BCUT2D eigenvalue weighted by molar-refractivity contribution is -0.117. The van der Waals surface area contributed by atoms with Gasteiger partial charge in [-0.25, -0.2) is 0 Å². The summed E-state index contributed by atoms with van der Waals surface area (Å²) in [6.07, 6.45) is 5.85. The lowest BCUT2D eigenvalue weighted by Crippen LogP contribution is -1.95. The van der Waals surface area contributed by atoms with Gasteiger partial charge in [0, 0.05) is 12.8 Å². The van der Waals surface area contributed by atoms with Gasteiger partial charge < -0.3 is 0 Å². The molecule has 2 fully saturated rings. The third-order valence-corrected chi connectivity index (χ3v) is 2.80. The Hall–Kier alpha value is -0.330. The van der Waals surface area contributed by atoms with Crippen molar-refractivity contribution in [1.29, 1.82) is 0 Å². The van der Waals surface area contributed by atoms with Gasteiger partial charge in [-0.2, -0.15) is 0 Å². The molecule has 50 valence electrons. The van der Waals surface area contributed by atoms with Crippen molar-refractivity contribution < 1.29 is 4.79 Å². The maximum Gasteiger partial charge on any atom is 0.133 e. The number of Topliss-reactive ketones (excluding diaryl/α,β-unsaturated/α-hetero) is 1. The van der Waals surface area contributed by atoms with Gasteiger partial charge in [0.2, 0.25) is 0 Å². The van der Waals surface area contributed by atoms with Crippen molar-refractivity contribution in [3.8, 4) is 0 Å². The first-order chi connectivity index (χ1) is 4.36. The Morgan fingerprint density at radius 3 is 2.22 bits per heavy atom. The highest BCUT2D eigenvalue weighted by Gasteiger charge is 2.35. The first kappa shape index (κ1) is 5.45. The normalized spacial score (nSPS) is 41.6. The van der Waals surface area contributed by atoms with Crippen molar-refractivity contribution in [3.05, 3.63) is 0 Å². The largest absolute Gasteiger partial charge is 0.300 e. The molecule has 0 radical (unpaired) electrons. The highest BCUT2D eigenvalue weighted by Crippen LogP contribution is 2.41. The maximum atomic E-state index is 10.9. The van der Waals surface area contributed by atoms with E-state index in [1.54, 1.807) is 0 Å². The molecular weight excluding hydrogens is 112 g/mol. The zero-order chi connectivity index (χ0) is 6.27. The molecule has 0 aromatic carbocycles. The Balaban J connectivity index is 2.09. The number of rotatable bonds is 0. The van der Waals surface area contributed by atoms with Crippen LogP contribution in [-0.4, -0.2) is 5.78 Å². The van der Waals surface area contributed by atoms with E-state index in [-0.39, 0.29) is 0 Å². The molecule has 2 rings (SSSR count). The van der Waals surface area contributed by atoms with Gasteiger partial charge >= 0.3 is 0 Å². The molecule has 9 heavy (non-hydrogen) atoms. The summed E-state index contributed by atoms with van der Waals surface area (Å²) in [5, 5.41) is 0. The summed E-state index contributed by atoms with van der Waals surface area (Å²) < 4.78 is 0. The smallest absolute Gasteiger partial charge is 0.133 e. The van der Waals surface area contributed by atoms with Crippen LogP contribution in [0.15, 0.2) is 0 Å². The van der Waals surface area contributed by atoms with Crippen LogP contribution in [0.2, 0.25) is 0 Å². The number of fused-ring (bicyclic) bond motifs is 1. The Morgan fingerprint density at radius 1 is 1.11 bits per heavy atom. The lowest BCUT2D eigenvalue weighted by Gasteiger charge is -2.03. The topological polar surface area (TPSA) is 17.1 Å². The molecule has 2 aliphatic rings. The molecule has 0 aromatic heterocycles. The summed E-state index contributed by atoms with van der Waals surface area (Å²) in [4.78, 5) is 10.9. The number of hydrogen-bond donors (Lipinski definition) is 0. The minimum absolute atomic E-state index is 0.518. The Morgan fingerprint density at radius 2 is 1.67 bits per heavy atom. The molecule has 0 spiro atoms. The molecule has 0 unspecified atom stereocenters. The predicted octanol–water partition coefficient (Wildman–Crippen LogP) is 1.77. The van der Waals surface area contributed by atoms with Gasteiger partial charge in [0.1, 0.15) is 5.78 Å². The molecule has 0 bridgehead atoms. The van der Waals surface area contributed by atoms with Crippen LogP contribution in [0.3, 0.4) is 0 Å². The summed E-state index contributed by atoms with van der Waals surface area (Å²) in [6, 6.07) is 0. The number of ketones is 1. The molecular formula is C8H12O. The van der Waals surface area contributed by atoms with Crippen molar-refractivity contribution in [2.24, 2.45) is 11.8 Å². The van der Waals surface area contributed by atoms with Crippen LogP contribution in [0.25, 0.3) is 0 Å². The second-order valence-electron chi connectivity index (χ2n) is 3.40. The monoisotopic (exact) mass is 124 g/mol. The fourth-order valence-electron chi connectivity index (χ4n) is 2.32. The van der Waals surface area contributed by atoms with Crippen LogP contribution in [0, 0.1) is 11.8 Å². The van der Waals surface area contributed by atoms with Gasteiger partial charge in [-0.15, -0.1) is 0 Å². The minimum Gasteiger partial charge on any atom is -0.300 e. The minimum atomic E-state index is 0.518. The highest BCUT2D eigenvalue weighted by atomic mass is 16.1. The van der Waals surface area contributed by atoms with Gasteiger partial charge in [0.05, 0.1) is 0 Å². The van der Waals surface area contributed by atoms with E-state index in [9.17, 15) is 4.79 Å². The van der Waals surface area contributed by atoms with Crippen LogP contribution < -0.4 is 0 Å². The third-order valence-electron chi connectivity index (χ3n) is 2.80.